The molecule has 3 aromatic heterocycles. The van der Waals surface area contributed by atoms with Gasteiger partial charge in [-0.25, -0.2) is 9.97 Å². The Morgan fingerprint density at radius 2 is 1.97 bits per heavy atom. The van der Waals surface area contributed by atoms with Crippen molar-refractivity contribution in [2.45, 2.75) is 32.4 Å². The summed E-state index contributed by atoms with van der Waals surface area (Å²) in [6, 6.07) is 10.7. The van der Waals surface area contributed by atoms with Crippen LogP contribution < -0.4 is 10.7 Å². The van der Waals surface area contributed by atoms with Crippen molar-refractivity contribution in [3.8, 4) is 11.8 Å². The maximum atomic E-state index is 13.2. The molecule has 0 spiro atoms. The number of benzene rings is 1. The number of aromatic nitrogens is 4. The molecule has 0 bridgehead atoms. The molecule has 0 aliphatic heterocycles. The molecule has 1 aliphatic carbocycles. The number of hydrogen-bond donors (Lipinski definition) is 1. The first-order valence-corrected chi connectivity index (χ1v) is 10.5. The summed E-state index contributed by atoms with van der Waals surface area (Å²) in [6.45, 7) is 2.74. The van der Waals surface area contributed by atoms with Crippen LogP contribution in [0.3, 0.4) is 0 Å². The summed E-state index contributed by atoms with van der Waals surface area (Å²) in [4.78, 5) is 21.9. The monoisotopic (exact) mass is 411 g/mol. The molecule has 6 heteroatoms. The minimum Gasteiger partial charge on any atom is -0.380 e. The zero-order chi connectivity index (χ0) is 21.4. The highest BCUT2D eigenvalue weighted by Gasteiger charge is 2.21. The molecule has 0 unspecified atom stereocenters. The summed E-state index contributed by atoms with van der Waals surface area (Å²) >= 11 is 0. The number of anilines is 1. The van der Waals surface area contributed by atoms with Gasteiger partial charge in [0.05, 0.1) is 35.4 Å². The highest BCUT2D eigenvalue weighted by molar-refractivity contribution is 5.80. The SMILES string of the molecule is CCn1cc(C#Cc2cncn2C)c(=O)c2cc(NC3Cc4ccccc4C3)cnc21.[HH]. The molecule has 0 amide bonds. The number of pyridine rings is 2. The van der Waals surface area contributed by atoms with E-state index in [0.717, 1.165) is 24.2 Å². The second kappa shape index (κ2) is 7.77. The molecular formula is C25H25N5O. The van der Waals surface area contributed by atoms with Crippen molar-refractivity contribution < 1.29 is 1.43 Å². The molecule has 0 radical (unpaired) electrons. The molecule has 0 saturated carbocycles. The number of rotatable bonds is 3. The lowest BCUT2D eigenvalue weighted by Gasteiger charge is -2.15. The first-order valence-electron chi connectivity index (χ1n) is 10.5. The lowest BCUT2D eigenvalue weighted by Crippen LogP contribution is -2.20. The van der Waals surface area contributed by atoms with Gasteiger partial charge >= 0.3 is 0 Å². The third-order valence-corrected chi connectivity index (χ3v) is 5.82. The van der Waals surface area contributed by atoms with E-state index in [2.05, 4.69) is 51.4 Å². The van der Waals surface area contributed by atoms with Crippen molar-refractivity contribution in [3.63, 3.8) is 0 Å². The normalized spacial score (nSPS) is 13.1. The van der Waals surface area contributed by atoms with E-state index in [0.29, 0.717) is 29.2 Å². The maximum absolute atomic E-state index is 13.2. The lowest BCUT2D eigenvalue weighted by molar-refractivity contribution is 0.768. The van der Waals surface area contributed by atoms with Crippen LogP contribution in [0.15, 0.2) is 60.0 Å². The predicted octanol–water partition coefficient (Wildman–Crippen LogP) is 3.38. The number of nitrogens with zero attached hydrogens (tertiary/aromatic N) is 4. The quantitative estimate of drug-likeness (QED) is 0.525. The topological polar surface area (TPSA) is 64.7 Å². The number of hydrogen-bond acceptors (Lipinski definition) is 4. The number of aryl methyl sites for hydroxylation is 2. The molecule has 3 heterocycles. The fourth-order valence-electron chi connectivity index (χ4n) is 4.19. The Balaban J connectivity index is 0.00000245. The van der Waals surface area contributed by atoms with Gasteiger partial charge in [0.25, 0.3) is 0 Å². The van der Waals surface area contributed by atoms with Crippen LogP contribution in [0.25, 0.3) is 11.0 Å². The summed E-state index contributed by atoms with van der Waals surface area (Å²) in [6.07, 6.45) is 8.94. The van der Waals surface area contributed by atoms with E-state index in [-0.39, 0.29) is 6.86 Å². The minimum atomic E-state index is -0.0970. The smallest absolute Gasteiger partial charge is 0.206 e. The molecule has 0 saturated heterocycles. The molecule has 1 aromatic carbocycles. The molecule has 31 heavy (non-hydrogen) atoms. The average Bonchev–Trinajstić information content (AvgIpc) is 3.38. The van der Waals surface area contributed by atoms with Crippen molar-refractivity contribution in [2.24, 2.45) is 7.05 Å². The van der Waals surface area contributed by atoms with E-state index in [1.807, 2.05) is 35.4 Å². The van der Waals surface area contributed by atoms with E-state index >= 15 is 0 Å². The Morgan fingerprint density at radius 1 is 1.19 bits per heavy atom. The number of imidazole rings is 1. The molecule has 1 N–H and O–H groups in total. The Labute approximate surface area is 182 Å². The van der Waals surface area contributed by atoms with Crippen LogP contribution in [0, 0.1) is 11.8 Å². The van der Waals surface area contributed by atoms with E-state index < -0.39 is 0 Å². The molecule has 156 valence electrons. The molecule has 1 aliphatic rings. The highest BCUT2D eigenvalue weighted by atomic mass is 16.1. The molecule has 5 rings (SSSR count). The van der Waals surface area contributed by atoms with Gasteiger partial charge in [0.15, 0.2) is 0 Å². The van der Waals surface area contributed by atoms with Crippen LogP contribution in [0.2, 0.25) is 0 Å². The summed E-state index contributed by atoms with van der Waals surface area (Å²) in [5.41, 5.74) is 5.44. The third kappa shape index (κ3) is 3.59. The van der Waals surface area contributed by atoms with Crippen LogP contribution >= 0.6 is 0 Å². The number of fused-ring (bicyclic) bond motifs is 2. The lowest BCUT2D eigenvalue weighted by atomic mass is 10.1. The van der Waals surface area contributed by atoms with Crippen molar-refractivity contribution in [3.05, 3.63) is 87.9 Å². The molecule has 0 fully saturated rings. The minimum absolute atomic E-state index is 0. The standard InChI is InChI=1S/C25H23N5O.H2/c1-3-30-15-19(8-9-22-14-26-16-29(22)2)24(31)23-12-21(13-27-25(23)30)28-20-10-17-6-4-5-7-18(17)11-20;/h4-7,12-16,20,28H,3,10-11H2,1-2H3;1H. The first-order chi connectivity index (χ1) is 15.1. The van der Waals surface area contributed by atoms with Gasteiger partial charge in [0, 0.05) is 27.3 Å². The fourth-order valence-corrected chi connectivity index (χ4v) is 4.19. The van der Waals surface area contributed by atoms with Crippen LogP contribution in [-0.2, 0) is 26.4 Å². The van der Waals surface area contributed by atoms with Gasteiger partial charge in [-0.05, 0) is 42.9 Å². The Kier molecular flexibility index (Phi) is 4.79. The molecule has 4 aromatic rings. The van der Waals surface area contributed by atoms with Crippen LogP contribution in [-0.4, -0.2) is 25.1 Å². The largest absolute Gasteiger partial charge is 0.380 e. The van der Waals surface area contributed by atoms with E-state index in [9.17, 15) is 4.79 Å². The van der Waals surface area contributed by atoms with E-state index in [4.69, 9.17) is 0 Å². The van der Waals surface area contributed by atoms with Gasteiger partial charge in [-0.15, -0.1) is 0 Å². The summed E-state index contributed by atoms with van der Waals surface area (Å²) in [7, 11) is 1.88. The third-order valence-electron chi connectivity index (χ3n) is 5.82. The second-order valence-electron chi connectivity index (χ2n) is 7.91. The molecular weight excluding hydrogens is 386 g/mol. The van der Waals surface area contributed by atoms with Gasteiger partial charge in [0.2, 0.25) is 5.43 Å². The highest BCUT2D eigenvalue weighted by Crippen LogP contribution is 2.25. The maximum Gasteiger partial charge on any atom is 0.206 e. The van der Waals surface area contributed by atoms with Crippen molar-refractivity contribution in [1.29, 1.82) is 0 Å². The zero-order valence-corrected chi connectivity index (χ0v) is 17.6. The van der Waals surface area contributed by atoms with Gasteiger partial charge in [0.1, 0.15) is 11.3 Å². The van der Waals surface area contributed by atoms with Crippen molar-refractivity contribution in [2.75, 3.05) is 5.32 Å². The number of nitrogens with one attached hydrogen (secondary N) is 1. The zero-order valence-electron chi connectivity index (χ0n) is 17.6. The Hall–Kier alpha value is -3.85. The van der Waals surface area contributed by atoms with E-state index in [1.54, 1.807) is 18.7 Å². The second-order valence-corrected chi connectivity index (χ2v) is 7.91. The van der Waals surface area contributed by atoms with Crippen LogP contribution in [0.5, 0.6) is 0 Å². The molecule has 0 atom stereocenters. The summed E-state index contributed by atoms with van der Waals surface area (Å²) < 4.78 is 3.80. The first kappa shape index (κ1) is 19.1. The van der Waals surface area contributed by atoms with Gasteiger partial charge in [-0.1, -0.05) is 30.2 Å². The van der Waals surface area contributed by atoms with Crippen molar-refractivity contribution in [1.82, 2.24) is 19.1 Å². The fraction of sp³-hybridized carbons (Fsp3) is 0.240. The van der Waals surface area contributed by atoms with Crippen LogP contribution in [0.4, 0.5) is 5.69 Å². The predicted molar refractivity (Wildman–Crippen MR) is 124 cm³/mol. The van der Waals surface area contributed by atoms with Gasteiger partial charge in [-0.2, -0.15) is 0 Å². The Bertz CT molecular complexity index is 1380. The summed E-state index contributed by atoms with van der Waals surface area (Å²) in [5.74, 6) is 6.09. The van der Waals surface area contributed by atoms with E-state index in [1.165, 1.54) is 11.1 Å². The average molecular weight is 412 g/mol. The van der Waals surface area contributed by atoms with Crippen molar-refractivity contribution >= 4 is 16.7 Å². The summed E-state index contributed by atoms with van der Waals surface area (Å²) in [5, 5.41) is 4.15. The van der Waals surface area contributed by atoms with Gasteiger partial charge in [-0.3, -0.25) is 4.79 Å². The Morgan fingerprint density at radius 3 is 2.65 bits per heavy atom. The van der Waals surface area contributed by atoms with Crippen LogP contribution in [0.1, 0.15) is 30.7 Å². The van der Waals surface area contributed by atoms with Gasteiger partial charge < -0.3 is 14.5 Å². The molecule has 6 nitrogen and oxygen atoms in total.